The molecule has 0 aromatic carbocycles. The van der Waals surface area contributed by atoms with Crippen LogP contribution in [0.25, 0.3) is 0 Å². The molecule has 0 radical (unpaired) electrons. The molecule has 0 aromatic heterocycles. The standard InChI is InChI=1S/C8H12Cl2FNO/c9-3-7(10)4-12-2-1-8(11,5-12)6-13/h3,13H,1-2,4-6H2/b7-3-. The molecule has 5 heteroatoms. The fourth-order valence-electron chi connectivity index (χ4n) is 1.43. The van der Waals surface area contributed by atoms with Gasteiger partial charge < -0.3 is 5.11 Å². The predicted molar refractivity (Wildman–Crippen MR) is 51.8 cm³/mol. The van der Waals surface area contributed by atoms with Crippen LogP contribution in [0.1, 0.15) is 6.42 Å². The van der Waals surface area contributed by atoms with E-state index in [1.54, 1.807) is 0 Å². The van der Waals surface area contributed by atoms with E-state index in [4.69, 9.17) is 28.3 Å². The van der Waals surface area contributed by atoms with E-state index in [1.165, 1.54) is 5.54 Å². The molecule has 76 valence electrons. The van der Waals surface area contributed by atoms with Gasteiger partial charge in [-0.1, -0.05) is 23.2 Å². The largest absolute Gasteiger partial charge is 0.393 e. The van der Waals surface area contributed by atoms with Crippen molar-refractivity contribution in [3.8, 4) is 0 Å². The molecule has 1 aliphatic rings. The number of alkyl halides is 1. The quantitative estimate of drug-likeness (QED) is 0.794. The van der Waals surface area contributed by atoms with Crippen molar-refractivity contribution < 1.29 is 9.50 Å². The van der Waals surface area contributed by atoms with Gasteiger partial charge in [0, 0.05) is 30.2 Å². The van der Waals surface area contributed by atoms with E-state index in [1.807, 2.05) is 4.90 Å². The molecule has 2 nitrogen and oxygen atoms in total. The van der Waals surface area contributed by atoms with Crippen LogP contribution in [-0.4, -0.2) is 41.9 Å². The minimum atomic E-state index is -1.45. The van der Waals surface area contributed by atoms with Gasteiger partial charge in [-0.3, -0.25) is 4.90 Å². The van der Waals surface area contributed by atoms with Crippen LogP contribution in [0.4, 0.5) is 4.39 Å². The van der Waals surface area contributed by atoms with E-state index >= 15 is 0 Å². The summed E-state index contributed by atoms with van der Waals surface area (Å²) in [5.41, 5.74) is -0.178. The van der Waals surface area contributed by atoms with Crippen molar-refractivity contribution in [1.29, 1.82) is 0 Å². The number of hydrogen-bond donors (Lipinski definition) is 1. The fourth-order valence-corrected chi connectivity index (χ4v) is 1.67. The lowest BCUT2D eigenvalue weighted by molar-refractivity contribution is 0.0790. The van der Waals surface area contributed by atoms with Crippen molar-refractivity contribution in [2.75, 3.05) is 26.2 Å². The van der Waals surface area contributed by atoms with Crippen LogP contribution in [0.2, 0.25) is 0 Å². The van der Waals surface area contributed by atoms with Crippen LogP contribution in [0.15, 0.2) is 10.6 Å². The van der Waals surface area contributed by atoms with Crippen molar-refractivity contribution in [2.45, 2.75) is 12.1 Å². The lowest BCUT2D eigenvalue weighted by Crippen LogP contribution is -2.32. The van der Waals surface area contributed by atoms with Crippen molar-refractivity contribution in [3.05, 3.63) is 10.6 Å². The first-order valence-electron chi connectivity index (χ1n) is 4.06. The Bertz CT molecular complexity index is 212. The van der Waals surface area contributed by atoms with Crippen LogP contribution < -0.4 is 0 Å². The Morgan fingerprint density at radius 1 is 1.69 bits per heavy atom. The minimum Gasteiger partial charge on any atom is -0.393 e. The highest BCUT2D eigenvalue weighted by Gasteiger charge is 2.37. The Balaban J connectivity index is 2.41. The van der Waals surface area contributed by atoms with E-state index in [2.05, 4.69) is 0 Å². The molecule has 1 saturated heterocycles. The van der Waals surface area contributed by atoms with Crippen molar-refractivity contribution in [1.82, 2.24) is 4.90 Å². The van der Waals surface area contributed by atoms with Crippen molar-refractivity contribution >= 4 is 23.2 Å². The second-order valence-electron chi connectivity index (χ2n) is 3.33. The van der Waals surface area contributed by atoms with E-state index in [-0.39, 0.29) is 6.54 Å². The summed E-state index contributed by atoms with van der Waals surface area (Å²) in [4.78, 5) is 1.83. The van der Waals surface area contributed by atoms with Crippen molar-refractivity contribution in [3.63, 3.8) is 0 Å². The Morgan fingerprint density at radius 2 is 2.38 bits per heavy atom. The first kappa shape index (κ1) is 11.2. The SMILES string of the molecule is OCC1(F)CCN(C/C(Cl)=C/Cl)C1. The van der Waals surface area contributed by atoms with Gasteiger partial charge in [0.2, 0.25) is 0 Å². The lowest BCUT2D eigenvalue weighted by atomic mass is 10.1. The summed E-state index contributed by atoms with van der Waals surface area (Å²) in [6.07, 6.45) is 0.357. The third-order valence-corrected chi connectivity index (χ3v) is 2.76. The average Bonchev–Trinajstić information content (AvgIpc) is 2.48. The van der Waals surface area contributed by atoms with Gasteiger partial charge in [0.1, 0.15) is 5.67 Å². The molecular weight excluding hydrogens is 216 g/mol. The van der Waals surface area contributed by atoms with E-state index in [0.29, 0.717) is 24.5 Å². The Kier molecular flexibility index (Phi) is 3.98. The van der Waals surface area contributed by atoms with Crippen LogP contribution in [0, 0.1) is 0 Å². The molecule has 0 spiro atoms. The Morgan fingerprint density at radius 3 is 2.85 bits per heavy atom. The first-order chi connectivity index (χ1) is 6.09. The third kappa shape index (κ3) is 3.09. The van der Waals surface area contributed by atoms with Crippen LogP contribution >= 0.6 is 23.2 Å². The molecule has 13 heavy (non-hydrogen) atoms. The van der Waals surface area contributed by atoms with Gasteiger partial charge in [-0.25, -0.2) is 4.39 Å². The topological polar surface area (TPSA) is 23.5 Å². The van der Waals surface area contributed by atoms with Gasteiger partial charge in [-0.2, -0.15) is 0 Å². The van der Waals surface area contributed by atoms with Crippen molar-refractivity contribution in [2.24, 2.45) is 0 Å². The molecule has 0 amide bonds. The molecule has 1 N–H and O–H groups in total. The van der Waals surface area contributed by atoms with Gasteiger partial charge in [0.25, 0.3) is 0 Å². The average molecular weight is 228 g/mol. The molecule has 1 fully saturated rings. The first-order valence-corrected chi connectivity index (χ1v) is 4.88. The maximum atomic E-state index is 13.5. The maximum Gasteiger partial charge on any atom is 0.147 e. The number of nitrogens with zero attached hydrogens (tertiary/aromatic N) is 1. The van der Waals surface area contributed by atoms with E-state index < -0.39 is 12.3 Å². The highest BCUT2D eigenvalue weighted by molar-refractivity contribution is 6.36. The molecule has 1 rings (SSSR count). The van der Waals surface area contributed by atoms with Crippen LogP contribution in [0.3, 0.4) is 0 Å². The summed E-state index contributed by atoms with van der Waals surface area (Å²) in [6, 6.07) is 0. The summed E-state index contributed by atoms with van der Waals surface area (Å²) in [7, 11) is 0. The summed E-state index contributed by atoms with van der Waals surface area (Å²) in [5.74, 6) is 0. The highest BCUT2D eigenvalue weighted by atomic mass is 35.5. The molecule has 0 bridgehead atoms. The maximum absolute atomic E-state index is 13.5. The van der Waals surface area contributed by atoms with Gasteiger partial charge in [0.15, 0.2) is 0 Å². The number of aliphatic hydroxyl groups is 1. The monoisotopic (exact) mass is 227 g/mol. The lowest BCUT2D eigenvalue weighted by Gasteiger charge is -2.17. The summed E-state index contributed by atoms with van der Waals surface area (Å²) in [6.45, 7) is 0.866. The fraction of sp³-hybridized carbons (Fsp3) is 0.750. The summed E-state index contributed by atoms with van der Waals surface area (Å²) < 4.78 is 13.5. The number of likely N-dealkylation sites (tertiary alicyclic amines) is 1. The number of rotatable bonds is 3. The zero-order chi connectivity index (χ0) is 9.90. The zero-order valence-electron chi connectivity index (χ0n) is 7.14. The number of halogens is 3. The van der Waals surface area contributed by atoms with Gasteiger partial charge in [-0.15, -0.1) is 0 Å². The second kappa shape index (κ2) is 4.60. The summed E-state index contributed by atoms with van der Waals surface area (Å²) >= 11 is 11.1. The van der Waals surface area contributed by atoms with E-state index in [9.17, 15) is 4.39 Å². The Labute approximate surface area is 86.9 Å². The molecule has 1 unspecified atom stereocenters. The van der Waals surface area contributed by atoms with Gasteiger partial charge in [0.05, 0.1) is 6.61 Å². The zero-order valence-corrected chi connectivity index (χ0v) is 8.65. The number of hydrogen-bond acceptors (Lipinski definition) is 2. The highest BCUT2D eigenvalue weighted by Crippen LogP contribution is 2.25. The minimum absolute atomic E-state index is 0.227. The molecular formula is C8H12Cl2FNO. The number of aliphatic hydroxyl groups excluding tert-OH is 1. The van der Waals surface area contributed by atoms with Gasteiger partial charge in [-0.05, 0) is 6.42 Å². The summed E-state index contributed by atoms with van der Waals surface area (Å²) in [5, 5.41) is 9.25. The molecule has 0 saturated carbocycles. The van der Waals surface area contributed by atoms with Gasteiger partial charge >= 0.3 is 0 Å². The molecule has 1 aliphatic heterocycles. The van der Waals surface area contributed by atoms with Crippen LogP contribution in [-0.2, 0) is 0 Å². The molecule has 1 atom stereocenters. The predicted octanol–water partition coefficient (Wildman–Crippen LogP) is 1.71. The molecule has 1 heterocycles. The molecule has 0 aromatic rings. The Hall–Kier alpha value is 0.170. The van der Waals surface area contributed by atoms with Crippen LogP contribution in [0.5, 0.6) is 0 Å². The third-order valence-electron chi connectivity index (χ3n) is 2.16. The van der Waals surface area contributed by atoms with E-state index in [0.717, 1.165) is 0 Å². The molecule has 0 aliphatic carbocycles. The smallest absolute Gasteiger partial charge is 0.147 e. The normalized spacial score (nSPS) is 31.2. The second-order valence-corrected chi connectivity index (χ2v) is 4.03.